The van der Waals surface area contributed by atoms with Gasteiger partial charge in [-0.05, 0) is 12.1 Å². The van der Waals surface area contributed by atoms with Crippen LogP contribution in [0.25, 0.3) is 0 Å². The van der Waals surface area contributed by atoms with E-state index in [1.165, 1.54) is 24.0 Å². The summed E-state index contributed by atoms with van der Waals surface area (Å²) in [6.07, 6.45) is 1.31. The van der Waals surface area contributed by atoms with Crippen LogP contribution in [0.5, 0.6) is 0 Å². The van der Waals surface area contributed by atoms with Crippen molar-refractivity contribution in [2.75, 3.05) is 10.5 Å². The summed E-state index contributed by atoms with van der Waals surface area (Å²) in [5, 5.41) is 0.233. The summed E-state index contributed by atoms with van der Waals surface area (Å²) >= 11 is 11.7. The number of nitrogens with two attached hydrogens (primary N) is 1. The fourth-order valence-corrected chi connectivity index (χ4v) is 3.25. The number of imidazole rings is 1. The lowest BCUT2D eigenvalue weighted by Gasteiger charge is -2.10. The molecule has 0 spiro atoms. The van der Waals surface area contributed by atoms with Crippen LogP contribution in [-0.4, -0.2) is 18.0 Å². The van der Waals surface area contributed by atoms with Gasteiger partial charge < -0.3 is 10.3 Å². The van der Waals surface area contributed by atoms with Gasteiger partial charge in [-0.2, -0.15) is 8.42 Å². The van der Waals surface area contributed by atoms with E-state index in [1.54, 1.807) is 12.1 Å². The minimum Gasteiger partial charge on any atom is -0.381 e. The fraction of sp³-hybridized carbons (Fsp3) is 0.100. The first kappa shape index (κ1) is 14.0. The smallest absolute Gasteiger partial charge is 0.281 e. The highest BCUT2D eigenvalue weighted by Crippen LogP contribution is 2.31. The third kappa shape index (κ3) is 2.63. The summed E-state index contributed by atoms with van der Waals surface area (Å²) < 4.78 is 28.1. The van der Waals surface area contributed by atoms with Crippen molar-refractivity contribution in [1.82, 2.24) is 9.55 Å². The van der Waals surface area contributed by atoms with Crippen molar-refractivity contribution in [3.8, 4) is 0 Å². The highest BCUT2D eigenvalue weighted by molar-refractivity contribution is 7.92. The molecule has 0 aliphatic rings. The van der Waals surface area contributed by atoms with Gasteiger partial charge in [0.05, 0.1) is 22.1 Å². The Morgan fingerprint density at radius 1 is 1.37 bits per heavy atom. The summed E-state index contributed by atoms with van der Waals surface area (Å²) in [7, 11) is -2.36. The van der Waals surface area contributed by atoms with E-state index in [0.717, 1.165) is 0 Å². The Bertz CT molecular complexity index is 708. The Morgan fingerprint density at radius 3 is 2.63 bits per heavy atom. The molecule has 0 bridgehead atoms. The number of nitrogen functional groups attached to an aromatic ring is 1. The lowest BCUT2D eigenvalue weighted by Crippen LogP contribution is -2.17. The Morgan fingerprint density at radius 2 is 2.05 bits per heavy atom. The summed E-state index contributed by atoms with van der Waals surface area (Å²) in [6, 6.07) is 4.64. The number of benzene rings is 1. The van der Waals surface area contributed by atoms with Crippen LogP contribution in [0, 0.1) is 0 Å². The molecule has 0 fully saturated rings. The highest BCUT2D eigenvalue weighted by Gasteiger charge is 2.23. The zero-order valence-electron chi connectivity index (χ0n) is 9.76. The molecule has 1 aromatic heterocycles. The molecule has 0 radical (unpaired) electrons. The Labute approximate surface area is 120 Å². The van der Waals surface area contributed by atoms with E-state index >= 15 is 0 Å². The quantitative estimate of drug-likeness (QED) is 0.906. The fourth-order valence-electron chi connectivity index (χ4n) is 1.54. The maximum atomic E-state index is 12.2. The van der Waals surface area contributed by atoms with E-state index < -0.39 is 10.0 Å². The Hall–Kier alpha value is -1.44. The van der Waals surface area contributed by atoms with Crippen molar-refractivity contribution in [2.45, 2.75) is 5.03 Å². The van der Waals surface area contributed by atoms with Crippen molar-refractivity contribution in [2.24, 2.45) is 7.05 Å². The molecule has 6 nitrogen and oxygen atoms in total. The molecule has 0 aliphatic carbocycles. The van der Waals surface area contributed by atoms with Crippen LogP contribution in [0.1, 0.15) is 0 Å². The van der Waals surface area contributed by atoms with Gasteiger partial charge in [-0.15, -0.1) is 0 Å². The number of aryl methyl sites for hydroxylation is 1. The third-order valence-corrected chi connectivity index (χ3v) is 4.67. The van der Waals surface area contributed by atoms with Crippen LogP contribution in [0.2, 0.25) is 10.0 Å². The number of halogens is 2. The molecule has 0 atom stereocenters. The average Bonchev–Trinajstić information content (AvgIpc) is 2.65. The molecule has 19 heavy (non-hydrogen) atoms. The number of rotatable bonds is 3. The van der Waals surface area contributed by atoms with Crippen LogP contribution in [0.3, 0.4) is 0 Å². The Balaban J connectivity index is 2.46. The molecule has 102 valence electrons. The second-order valence-corrected chi connectivity index (χ2v) is 6.14. The summed E-state index contributed by atoms with van der Waals surface area (Å²) in [4.78, 5) is 3.73. The molecule has 0 saturated carbocycles. The third-order valence-electron chi connectivity index (χ3n) is 2.36. The number of nitrogens with zero attached hydrogens (tertiary/aromatic N) is 2. The van der Waals surface area contributed by atoms with Crippen LogP contribution < -0.4 is 10.5 Å². The minimum absolute atomic E-state index is 0.0897. The summed E-state index contributed by atoms with van der Waals surface area (Å²) in [6.45, 7) is 0. The monoisotopic (exact) mass is 320 g/mol. The number of sulfonamides is 1. The van der Waals surface area contributed by atoms with Crippen LogP contribution >= 0.6 is 23.2 Å². The SMILES string of the molecule is Cn1cnc(N)c1S(=O)(=O)Nc1cccc(Cl)c1Cl. The number of nitrogens with one attached hydrogen (secondary N) is 1. The second kappa shape index (κ2) is 4.92. The van der Waals surface area contributed by atoms with Gasteiger partial charge in [0, 0.05) is 7.05 Å². The first-order valence-electron chi connectivity index (χ1n) is 5.06. The van der Waals surface area contributed by atoms with E-state index in [-0.39, 0.29) is 26.6 Å². The van der Waals surface area contributed by atoms with Gasteiger partial charge in [-0.25, -0.2) is 4.98 Å². The highest BCUT2D eigenvalue weighted by atomic mass is 35.5. The topological polar surface area (TPSA) is 90.0 Å². The van der Waals surface area contributed by atoms with Gasteiger partial charge in [0.25, 0.3) is 10.0 Å². The van der Waals surface area contributed by atoms with E-state index in [4.69, 9.17) is 28.9 Å². The molecule has 9 heteroatoms. The molecule has 3 N–H and O–H groups in total. The van der Waals surface area contributed by atoms with Gasteiger partial charge in [0.15, 0.2) is 10.8 Å². The van der Waals surface area contributed by atoms with Crippen molar-refractivity contribution in [3.05, 3.63) is 34.6 Å². The zero-order valence-corrected chi connectivity index (χ0v) is 12.1. The van der Waals surface area contributed by atoms with Crippen molar-refractivity contribution in [3.63, 3.8) is 0 Å². The molecular weight excluding hydrogens is 311 g/mol. The van der Waals surface area contributed by atoms with E-state index in [0.29, 0.717) is 0 Å². The standard InChI is InChI=1S/C10H10Cl2N4O2S/c1-16-5-14-9(13)10(16)19(17,18)15-7-4-2-3-6(11)8(7)12/h2-5,15H,13H2,1H3. The first-order valence-corrected chi connectivity index (χ1v) is 7.30. The predicted molar refractivity (Wildman–Crippen MR) is 74.9 cm³/mol. The van der Waals surface area contributed by atoms with Crippen LogP contribution in [-0.2, 0) is 17.1 Å². The molecular formula is C10H10Cl2N4O2S. The molecule has 0 saturated heterocycles. The zero-order chi connectivity index (χ0) is 14.2. The molecule has 0 unspecified atom stereocenters. The number of anilines is 2. The maximum absolute atomic E-state index is 12.2. The number of hydrogen-bond donors (Lipinski definition) is 2. The molecule has 0 amide bonds. The molecule has 0 aliphatic heterocycles. The van der Waals surface area contributed by atoms with E-state index in [9.17, 15) is 8.42 Å². The molecule has 1 aromatic carbocycles. The van der Waals surface area contributed by atoms with Gasteiger partial charge in [0.2, 0.25) is 0 Å². The largest absolute Gasteiger partial charge is 0.381 e. The number of hydrogen-bond acceptors (Lipinski definition) is 4. The number of aromatic nitrogens is 2. The van der Waals surface area contributed by atoms with Crippen molar-refractivity contribution in [1.29, 1.82) is 0 Å². The maximum Gasteiger partial charge on any atom is 0.281 e. The average molecular weight is 321 g/mol. The van der Waals surface area contributed by atoms with Crippen LogP contribution in [0.15, 0.2) is 29.6 Å². The van der Waals surface area contributed by atoms with E-state index in [2.05, 4.69) is 9.71 Å². The summed E-state index contributed by atoms with van der Waals surface area (Å²) in [5.41, 5.74) is 5.71. The van der Waals surface area contributed by atoms with Gasteiger partial charge in [-0.3, -0.25) is 4.72 Å². The van der Waals surface area contributed by atoms with Crippen molar-refractivity contribution < 1.29 is 8.42 Å². The lowest BCUT2D eigenvalue weighted by molar-refractivity contribution is 0.592. The van der Waals surface area contributed by atoms with Gasteiger partial charge >= 0.3 is 0 Å². The van der Waals surface area contributed by atoms with Gasteiger partial charge in [-0.1, -0.05) is 29.3 Å². The lowest BCUT2D eigenvalue weighted by atomic mass is 10.3. The minimum atomic E-state index is -3.89. The van der Waals surface area contributed by atoms with Gasteiger partial charge in [0.1, 0.15) is 0 Å². The summed E-state index contributed by atoms with van der Waals surface area (Å²) in [5.74, 6) is -0.0897. The second-order valence-electron chi connectivity index (χ2n) is 3.75. The Kier molecular flexibility index (Phi) is 3.62. The molecule has 2 aromatic rings. The molecule has 2 rings (SSSR count). The molecule has 1 heterocycles. The van der Waals surface area contributed by atoms with E-state index in [1.807, 2.05) is 0 Å². The first-order chi connectivity index (χ1) is 8.83. The normalized spacial score (nSPS) is 11.5. The van der Waals surface area contributed by atoms with Crippen LogP contribution in [0.4, 0.5) is 11.5 Å². The van der Waals surface area contributed by atoms with Crippen molar-refractivity contribution >= 4 is 44.7 Å². The predicted octanol–water partition coefficient (Wildman–Crippen LogP) is 2.11.